The number of benzene rings is 2. The molecule has 0 N–H and O–H groups in total. The lowest BCUT2D eigenvalue weighted by Gasteiger charge is -2.36. The third-order valence-electron chi connectivity index (χ3n) is 6.72. The molecule has 1 atom stereocenters. The first-order valence-electron chi connectivity index (χ1n) is 11.4. The maximum Gasteiger partial charge on any atom is 0.253 e. The predicted octanol–water partition coefficient (Wildman–Crippen LogP) is 4.55. The second kappa shape index (κ2) is 9.33. The molecule has 0 aliphatic carbocycles. The Hall–Kier alpha value is -3.61. The molecule has 1 fully saturated rings. The molecule has 0 bridgehead atoms. The van der Waals surface area contributed by atoms with Crippen LogP contribution in [0.15, 0.2) is 60.8 Å². The number of ether oxygens (including phenoxy) is 1. The highest BCUT2D eigenvalue weighted by Gasteiger charge is 2.31. The molecular formula is C27H24F2N2O3. The Kier molecular flexibility index (Phi) is 6.09. The highest BCUT2D eigenvalue weighted by atomic mass is 19.1. The van der Waals surface area contributed by atoms with Gasteiger partial charge in [0.1, 0.15) is 18.2 Å². The summed E-state index contributed by atoms with van der Waals surface area (Å²) in [7, 11) is 0. The summed E-state index contributed by atoms with van der Waals surface area (Å²) in [4.78, 5) is 30.5. The van der Waals surface area contributed by atoms with E-state index in [1.54, 1.807) is 36.4 Å². The van der Waals surface area contributed by atoms with E-state index in [9.17, 15) is 18.4 Å². The first-order chi connectivity index (χ1) is 16.5. The first kappa shape index (κ1) is 22.2. The molecule has 174 valence electrons. The number of fused-ring (bicyclic) bond motifs is 1. The number of piperidine rings is 1. The fourth-order valence-electron chi connectivity index (χ4n) is 5.01. The molecule has 0 radical (unpaired) electrons. The van der Waals surface area contributed by atoms with Crippen molar-refractivity contribution in [3.63, 3.8) is 0 Å². The van der Waals surface area contributed by atoms with Crippen molar-refractivity contribution >= 4 is 11.7 Å². The van der Waals surface area contributed by atoms with Crippen molar-refractivity contribution in [1.82, 2.24) is 9.88 Å². The molecule has 1 aromatic heterocycles. The summed E-state index contributed by atoms with van der Waals surface area (Å²) in [5, 5.41) is 0. The highest BCUT2D eigenvalue weighted by molar-refractivity contribution is 5.95. The smallest absolute Gasteiger partial charge is 0.253 e. The van der Waals surface area contributed by atoms with Gasteiger partial charge in [0.25, 0.3) is 5.91 Å². The maximum atomic E-state index is 13.5. The number of hydrogen-bond acceptors (Lipinski definition) is 4. The zero-order valence-corrected chi connectivity index (χ0v) is 18.5. The van der Waals surface area contributed by atoms with Gasteiger partial charge in [-0.05, 0) is 66.3 Å². The standard InChI is InChI=1S/C27H24F2N2O3/c28-22-5-1-17(2-6-22)26(20-4-8-25(29)30-15-20)18-9-11-31(12-10-18)27(33)19-3-7-24-21(13-19)14-23(32)16-34-24/h1-8,13,15,18,26H,9-12,14,16H2/t26-/m0/s1. The minimum absolute atomic E-state index is 0.0000290. The summed E-state index contributed by atoms with van der Waals surface area (Å²) in [5.74, 6) is -0.142. The lowest BCUT2D eigenvalue weighted by atomic mass is 9.76. The summed E-state index contributed by atoms with van der Waals surface area (Å²) >= 11 is 0. The predicted molar refractivity (Wildman–Crippen MR) is 122 cm³/mol. The summed E-state index contributed by atoms with van der Waals surface area (Å²) in [6.07, 6.45) is 3.32. The van der Waals surface area contributed by atoms with Gasteiger partial charge in [0.2, 0.25) is 5.95 Å². The number of carbonyl (C=O) groups excluding carboxylic acids is 2. The number of carbonyl (C=O) groups is 2. The number of hydrogen-bond donors (Lipinski definition) is 0. The van der Waals surface area contributed by atoms with E-state index in [0.717, 1.165) is 29.5 Å². The Labute approximate surface area is 196 Å². The second-order valence-corrected chi connectivity index (χ2v) is 8.90. The largest absolute Gasteiger partial charge is 0.486 e. The molecular weight excluding hydrogens is 438 g/mol. The van der Waals surface area contributed by atoms with Gasteiger partial charge in [-0.15, -0.1) is 0 Å². The Morgan fingerprint density at radius 1 is 1.00 bits per heavy atom. The Bertz CT molecular complexity index is 1160. The fourth-order valence-corrected chi connectivity index (χ4v) is 5.01. The molecule has 7 heteroatoms. The molecule has 0 saturated carbocycles. The van der Waals surface area contributed by atoms with Gasteiger partial charge in [-0.1, -0.05) is 18.2 Å². The van der Waals surface area contributed by atoms with Crippen LogP contribution in [-0.2, 0) is 11.2 Å². The lowest BCUT2D eigenvalue weighted by Crippen LogP contribution is -2.40. The van der Waals surface area contributed by atoms with Crippen LogP contribution in [0.1, 0.15) is 45.8 Å². The van der Waals surface area contributed by atoms with Gasteiger partial charge in [0.15, 0.2) is 5.78 Å². The van der Waals surface area contributed by atoms with Gasteiger partial charge >= 0.3 is 0 Å². The number of ketones is 1. The fraction of sp³-hybridized carbons (Fsp3) is 0.296. The molecule has 0 spiro atoms. The lowest BCUT2D eigenvalue weighted by molar-refractivity contribution is -0.121. The van der Waals surface area contributed by atoms with E-state index in [1.165, 1.54) is 24.4 Å². The van der Waals surface area contributed by atoms with E-state index >= 15 is 0 Å². The van der Waals surface area contributed by atoms with Crippen molar-refractivity contribution in [2.75, 3.05) is 19.7 Å². The summed E-state index contributed by atoms with van der Waals surface area (Å²) in [6, 6.07) is 14.7. The third-order valence-corrected chi connectivity index (χ3v) is 6.72. The van der Waals surface area contributed by atoms with E-state index in [-0.39, 0.29) is 42.4 Å². The van der Waals surface area contributed by atoms with Crippen LogP contribution in [0.2, 0.25) is 0 Å². The molecule has 34 heavy (non-hydrogen) atoms. The van der Waals surface area contributed by atoms with Gasteiger partial charge in [-0.2, -0.15) is 4.39 Å². The number of aromatic nitrogens is 1. The number of likely N-dealkylation sites (tertiary alicyclic amines) is 1. The van der Waals surface area contributed by atoms with Crippen LogP contribution < -0.4 is 4.74 Å². The van der Waals surface area contributed by atoms with Crippen molar-refractivity contribution < 1.29 is 23.1 Å². The Morgan fingerprint density at radius 3 is 2.44 bits per heavy atom. The maximum absolute atomic E-state index is 13.5. The number of nitrogens with zero attached hydrogens (tertiary/aromatic N) is 2. The zero-order chi connectivity index (χ0) is 23.7. The Morgan fingerprint density at radius 2 is 1.74 bits per heavy atom. The van der Waals surface area contributed by atoms with E-state index in [2.05, 4.69) is 4.98 Å². The molecule has 1 amide bonds. The van der Waals surface area contributed by atoms with Crippen LogP contribution in [-0.4, -0.2) is 41.3 Å². The topological polar surface area (TPSA) is 59.5 Å². The van der Waals surface area contributed by atoms with Crippen LogP contribution in [0, 0.1) is 17.7 Å². The highest BCUT2D eigenvalue weighted by Crippen LogP contribution is 2.38. The SMILES string of the molecule is O=C1COc2ccc(C(=O)N3CCC([C@H](c4ccc(F)cc4)c4ccc(F)nc4)CC3)cc2C1. The van der Waals surface area contributed by atoms with Gasteiger partial charge in [-0.25, -0.2) is 9.37 Å². The average Bonchev–Trinajstić information content (AvgIpc) is 2.86. The van der Waals surface area contributed by atoms with Crippen molar-refractivity contribution in [2.24, 2.45) is 5.92 Å². The second-order valence-electron chi connectivity index (χ2n) is 8.90. The van der Waals surface area contributed by atoms with E-state index < -0.39 is 5.95 Å². The number of halogens is 2. The normalized spacial score (nSPS) is 17.1. The monoisotopic (exact) mass is 462 g/mol. The quantitative estimate of drug-likeness (QED) is 0.534. The summed E-state index contributed by atoms with van der Waals surface area (Å²) in [6.45, 7) is 1.22. The molecule has 0 unspecified atom stereocenters. The van der Waals surface area contributed by atoms with Gasteiger partial charge in [0, 0.05) is 42.8 Å². The minimum Gasteiger partial charge on any atom is -0.486 e. The molecule has 5 nitrogen and oxygen atoms in total. The average molecular weight is 462 g/mol. The van der Waals surface area contributed by atoms with Crippen molar-refractivity contribution in [1.29, 1.82) is 0 Å². The van der Waals surface area contributed by atoms with Gasteiger partial charge in [0.05, 0.1) is 0 Å². The summed E-state index contributed by atoms with van der Waals surface area (Å²) < 4.78 is 32.4. The molecule has 1 saturated heterocycles. The summed E-state index contributed by atoms with van der Waals surface area (Å²) in [5.41, 5.74) is 3.11. The van der Waals surface area contributed by atoms with Crippen LogP contribution >= 0.6 is 0 Å². The Balaban J connectivity index is 1.33. The van der Waals surface area contributed by atoms with Crippen molar-refractivity contribution in [3.05, 3.63) is 94.8 Å². The first-order valence-corrected chi connectivity index (χ1v) is 11.4. The zero-order valence-electron chi connectivity index (χ0n) is 18.5. The van der Waals surface area contributed by atoms with Gasteiger partial charge in [-0.3, -0.25) is 9.59 Å². The number of amides is 1. The van der Waals surface area contributed by atoms with Crippen LogP contribution in [0.3, 0.4) is 0 Å². The van der Waals surface area contributed by atoms with Gasteiger partial charge < -0.3 is 9.64 Å². The third kappa shape index (κ3) is 4.55. The van der Waals surface area contributed by atoms with Crippen molar-refractivity contribution in [3.8, 4) is 5.75 Å². The van der Waals surface area contributed by atoms with Crippen LogP contribution in [0.4, 0.5) is 8.78 Å². The molecule has 2 aliphatic rings. The molecule has 2 aromatic carbocycles. The van der Waals surface area contributed by atoms with Crippen molar-refractivity contribution in [2.45, 2.75) is 25.2 Å². The number of pyridine rings is 1. The molecule has 3 heterocycles. The van der Waals surface area contributed by atoms with Crippen LogP contribution in [0.25, 0.3) is 0 Å². The number of Topliss-reactive ketones (excluding diaryl/α,β-unsaturated/α-hetero) is 1. The minimum atomic E-state index is -0.542. The van der Waals surface area contributed by atoms with E-state index in [0.29, 0.717) is 24.4 Å². The molecule has 3 aromatic rings. The van der Waals surface area contributed by atoms with Crippen LogP contribution in [0.5, 0.6) is 5.75 Å². The van der Waals surface area contributed by atoms with E-state index in [4.69, 9.17) is 4.74 Å². The molecule has 2 aliphatic heterocycles. The number of rotatable bonds is 4. The molecule has 5 rings (SSSR count). The van der Waals surface area contributed by atoms with E-state index in [1.807, 2.05) is 4.90 Å².